The van der Waals surface area contributed by atoms with Crippen LogP contribution in [0.25, 0.3) is 0 Å². The maximum Gasteiger partial charge on any atom is 0.264 e. The molecule has 1 aliphatic carbocycles. The third-order valence-corrected chi connectivity index (χ3v) is 10.2. The van der Waals surface area contributed by atoms with Gasteiger partial charge in [-0.3, -0.25) is 13.9 Å². The van der Waals surface area contributed by atoms with Gasteiger partial charge in [-0.15, -0.1) is 0 Å². The lowest BCUT2D eigenvalue weighted by molar-refractivity contribution is -0.140. The Kier molecular flexibility index (Phi) is 10.9. The Labute approximate surface area is 271 Å². The number of sulfonamides is 1. The van der Waals surface area contributed by atoms with Crippen molar-refractivity contribution < 1.29 is 22.4 Å². The molecular formula is C37H40FN3O4S. The number of halogens is 1. The molecule has 1 atom stereocenters. The number of nitrogens with zero attached hydrogens (tertiary/aromatic N) is 2. The zero-order valence-corrected chi connectivity index (χ0v) is 26.8. The standard InChI is InChI=1S/C37H40FN3O4S/c1-28-21-23-30(24-22-28)26-40(35(25-29-13-5-2-6-14-29)37(43)39-31-15-7-3-8-16-31)36(42)27-41(34-20-12-11-19-33(34)38)46(44,45)32-17-9-4-10-18-32/h2,4-6,9-14,17-24,31,35H,3,7-8,15-16,25-27H2,1H3,(H,39,43)/t35-/m0/s1. The minimum atomic E-state index is -4.37. The minimum absolute atomic E-state index is 0.00391. The van der Waals surface area contributed by atoms with Crippen LogP contribution in [-0.2, 0) is 32.6 Å². The van der Waals surface area contributed by atoms with E-state index >= 15 is 4.39 Å². The molecule has 0 saturated heterocycles. The highest BCUT2D eigenvalue weighted by Gasteiger charge is 2.36. The van der Waals surface area contributed by atoms with Gasteiger partial charge in [0.05, 0.1) is 10.6 Å². The van der Waals surface area contributed by atoms with Crippen molar-refractivity contribution in [2.45, 2.75) is 69.0 Å². The highest BCUT2D eigenvalue weighted by atomic mass is 32.2. The molecule has 9 heteroatoms. The number of aryl methyl sites for hydroxylation is 1. The number of hydrogen-bond acceptors (Lipinski definition) is 4. The summed E-state index contributed by atoms with van der Waals surface area (Å²) >= 11 is 0. The second kappa shape index (κ2) is 15.2. The SMILES string of the molecule is Cc1ccc(CN(C(=O)CN(c2ccccc2F)S(=O)(=O)c2ccccc2)[C@@H](Cc2ccccc2)C(=O)NC2CCCCC2)cc1. The first kappa shape index (κ1) is 32.9. The van der Waals surface area contributed by atoms with Crippen LogP contribution in [0.4, 0.5) is 10.1 Å². The Morgan fingerprint density at radius 2 is 1.41 bits per heavy atom. The van der Waals surface area contributed by atoms with Crippen molar-refractivity contribution in [1.29, 1.82) is 0 Å². The van der Waals surface area contributed by atoms with Gasteiger partial charge in [-0.2, -0.15) is 0 Å². The van der Waals surface area contributed by atoms with Gasteiger partial charge in [-0.1, -0.05) is 110 Å². The van der Waals surface area contributed by atoms with Crippen LogP contribution in [0, 0.1) is 12.7 Å². The quantitative estimate of drug-likeness (QED) is 0.194. The van der Waals surface area contributed by atoms with E-state index in [0.29, 0.717) is 0 Å². The molecule has 4 aromatic carbocycles. The highest BCUT2D eigenvalue weighted by Crippen LogP contribution is 2.27. The molecule has 0 unspecified atom stereocenters. The number of hydrogen-bond donors (Lipinski definition) is 1. The Balaban J connectivity index is 1.56. The fourth-order valence-corrected chi connectivity index (χ4v) is 7.32. The van der Waals surface area contributed by atoms with Gasteiger partial charge in [-0.05, 0) is 55.2 Å². The number of rotatable bonds is 12. The third-order valence-electron chi connectivity index (χ3n) is 8.43. The number of nitrogens with one attached hydrogen (secondary N) is 1. The first-order chi connectivity index (χ1) is 22.2. The zero-order valence-electron chi connectivity index (χ0n) is 26.0. The molecule has 0 spiro atoms. The number of amides is 2. The van der Waals surface area contributed by atoms with Gasteiger partial charge in [0.1, 0.15) is 18.4 Å². The van der Waals surface area contributed by atoms with Crippen LogP contribution >= 0.6 is 0 Å². The van der Waals surface area contributed by atoms with Crippen molar-refractivity contribution in [1.82, 2.24) is 10.2 Å². The van der Waals surface area contributed by atoms with E-state index in [0.717, 1.165) is 59.2 Å². The Bertz CT molecular complexity index is 1710. The molecule has 7 nitrogen and oxygen atoms in total. The summed E-state index contributed by atoms with van der Waals surface area (Å²) in [5.41, 5.74) is 2.43. The van der Waals surface area contributed by atoms with Crippen LogP contribution in [0.5, 0.6) is 0 Å². The Morgan fingerprint density at radius 3 is 2.07 bits per heavy atom. The Morgan fingerprint density at radius 1 is 0.804 bits per heavy atom. The fraction of sp³-hybridized carbons (Fsp3) is 0.297. The molecule has 1 fully saturated rings. The molecule has 1 N–H and O–H groups in total. The molecule has 1 saturated carbocycles. The zero-order chi connectivity index (χ0) is 32.5. The number of anilines is 1. The van der Waals surface area contributed by atoms with Crippen LogP contribution in [0.2, 0.25) is 0 Å². The van der Waals surface area contributed by atoms with Crippen LogP contribution in [-0.4, -0.2) is 43.8 Å². The molecular weight excluding hydrogens is 601 g/mol. The predicted octanol–water partition coefficient (Wildman–Crippen LogP) is 6.42. The van der Waals surface area contributed by atoms with Gasteiger partial charge < -0.3 is 10.2 Å². The minimum Gasteiger partial charge on any atom is -0.352 e. The maximum absolute atomic E-state index is 15.3. The average molecular weight is 642 g/mol. The lowest BCUT2D eigenvalue weighted by Gasteiger charge is -2.35. The van der Waals surface area contributed by atoms with Gasteiger partial charge in [-0.25, -0.2) is 12.8 Å². The van der Waals surface area contributed by atoms with Crippen molar-refractivity contribution in [3.05, 3.63) is 132 Å². The van der Waals surface area contributed by atoms with Crippen LogP contribution in [0.3, 0.4) is 0 Å². The molecule has 0 radical (unpaired) electrons. The largest absolute Gasteiger partial charge is 0.352 e. The smallest absolute Gasteiger partial charge is 0.264 e. The van der Waals surface area contributed by atoms with E-state index in [1.807, 2.05) is 61.5 Å². The number of para-hydroxylation sites is 1. The highest BCUT2D eigenvalue weighted by molar-refractivity contribution is 7.92. The van der Waals surface area contributed by atoms with Crippen molar-refractivity contribution in [2.75, 3.05) is 10.8 Å². The molecule has 2 amide bonds. The summed E-state index contributed by atoms with van der Waals surface area (Å²) in [7, 11) is -4.37. The fourth-order valence-electron chi connectivity index (χ4n) is 5.88. The van der Waals surface area contributed by atoms with Crippen molar-refractivity contribution in [3.63, 3.8) is 0 Å². The summed E-state index contributed by atoms with van der Waals surface area (Å²) in [6.07, 6.45) is 5.13. The number of carbonyl (C=O) groups is 2. The second-order valence-corrected chi connectivity index (χ2v) is 13.7. The van der Waals surface area contributed by atoms with Crippen molar-refractivity contribution in [3.8, 4) is 0 Å². The predicted molar refractivity (Wildman–Crippen MR) is 178 cm³/mol. The molecule has 240 valence electrons. The van der Waals surface area contributed by atoms with E-state index in [-0.39, 0.29) is 35.5 Å². The average Bonchev–Trinajstić information content (AvgIpc) is 3.07. The van der Waals surface area contributed by atoms with E-state index in [4.69, 9.17) is 0 Å². The lowest BCUT2D eigenvalue weighted by Crippen LogP contribution is -2.55. The lowest BCUT2D eigenvalue weighted by atomic mass is 9.94. The summed E-state index contributed by atoms with van der Waals surface area (Å²) in [6.45, 7) is 1.32. The maximum atomic E-state index is 15.3. The van der Waals surface area contributed by atoms with Gasteiger partial charge >= 0.3 is 0 Å². The summed E-state index contributed by atoms with van der Waals surface area (Å²) in [6, 6.07) is 29.3. The van der Waals surface area contributed by atoms with Crippen LogP contribution < -0.4 is 9.62 Å². The summed E-state index contributed by atoms with van der Waals surface area (Å²) < 4.78 is 44.1. The second-order valence-electron chi connectivity index (χ2n) is 11.8. The van der Waals surface area contributed by atoms with Gasteiger partial charge in [0.2, 0.25) is 11.8 Å². The molecule has 46 heavy (non-hydrogen) atoms. The van der Waals surface area contributed by atoms with Crippen LogP contribution in [0.15, 0.2) is 114 Å². The van der Waals surface area contributed by atoms with Crippen molar-refractivity contribution >= 4 is 27.5 Å². The summed E-state index contributed by atoms with van der Waals surface area (Å²) in [4.78, 5) is 30.0. The van der Waals surface area contributed by atoms with Gasteiger partial charge in [0.25, 0.3) is 10.0 Å². The van der Waals surface area contributed by atoms with E-state index < -0.39 is 34.3 Å². The first-order valence-corrected chi connectivity index (χ1v) is 17.2. The molecule has 0 heterocycles. The van der Waals surface area contributed by atoms with Gasteiger partial charge in [0, 0.05) is 19.0 Å². The topological polar surface area (TPSA) is 86.8 Å². The molecule has 5 rings (SSSR count). The summed E-state index contributed by atoms with van der Waals surface area (Å²) in [5, 5.41) is 3.19. The molecule has 0 aliphatic heterocycles. The van der Waals surface area contributed by atoms with E-state index in [2.05, 4.69) is 5.32 Å². The monoisotopic (exact) mass is 641 g/mol. The van der Waals surface area contributed by atoms with Crippen molar-refractivity contribution in [2.24, 2.45) is 0 Å². The summed E-state index contributed by atoms with van der Waals surface area (Å²) in [5.74, 6) is -1.70. The Hall–Kier alpha value is -4.50. The first-order valence-electron chi connectivity index (χ1n) is 15.7. The van der Waals surface area contributed by atoms with E-state index in [1.165, 1.54) is 35.2 Å². The van der Waals surface area contributed by atoms with Gasteiger partial charge in [0.15, 0.2) is 0 Å². The third kappa shape index (κ3) is 8.20. The molecule has 4 aromatic rings. The number of carbonyl (C=O) groups excluding carboxylic acids is 2. The van der Waals surface area contributed by atoms with E-state index in [9.17, 15) is 18.0 Å². The number of benzene rings is 4. The normalized spacial score (nSPS) is 14.3. The molecule has 1 aliphatic rings. The molecule has 0 aromatic heterocycles. The van der Waals surface area contributed by atoms with E-state index in [1.54, 1.807) is 18.2 Å². The molecule has 0 bridgehead atoms. The van der Waals surface area contributed by atoms with Crippen LogP contribution in [0.1, 0.15) is 48.8 Å².